The molecule has 1 aliphatic carbocycles. The zero-order valence-electron chi connectivity index (χ0n) is 10.5. The average molecular weight is 341 g/mol. The first-order valence-electron chi connectivity index (χ1n) is 6.31. The number of benzene rings is 1. The molecule has 0 amide bonds. The average Bonchev–Trinajstić information content (AvgIpc) is 2.85. The normalized spacial score (nSPS) is 18.4. The fraction of sp³-hybridized carbons (Fsp3) is 0.357. The monoisotopic (exact) mass is 340 g/mol. The van der Waals surface area contributed by atoms with E-state index in [1.165, 1.54) is 16.6 Å². The van der Waals surface area contributed by atoms with Gasteiger partial charge in [0.1, 0.15) is 10.8 Å². The molecule has 1 atom stereocenters. The molecule has 5 heteroatoms. The van der Waals surface area contributed by atoms with Gasteiger partial charge < -0.3 is 5.32 Å². The standard InChI is InChI=1S/C14H14BrFN2S/c1-17-11-3-2-4-12-13(11)19-14(18-12)9-7-8(16)5-6-10(9)15/h5-7,11,17H,2-4H2,1H3. The van der Waals surface area contributed by atoms with Crippen LogP contribution in [0.1, 0.15) is 29.5 Å². The highest BCUT2D eigenvalue weighted by molar-refractivity contribution is 9.10. The van der Waals surface area contributed by atoms with Gasteiger partial charge in [-0.05, 0) is 44.5 Å². The lowest BCUT2D eigenvalue weighted by Crippen LogP contribution is -2.19. The summed E-state index contributed by atoms with van der Waals surface area (Å²) >= 11 is 5.15. The highest BCUT2D eigenvalue weighted by atomic mass is 79.9. The molecule has 100 valence electrons. The Bertz CT molecular complexity index is 611. The Labute approximate surface area is 124 Å². The number of halogens is 2. The maximum Gasteiger partial charge on any atom is 0.125 e. The first-order valence-corrected chi connectivity index (χ1v) is 7.92. The van der Waals surface area contributed by atoms with Crippen LogP contribution in [0.3, 0.4) is 0 Å². The van der Waals surface area contributed by atoms with E-state index in [4.69, 9.17) is 4.98 Å². The van der Waals surface area contributed by atoms with Crippen molar-refractivity contribution in [2.45, 2.75) is 25.3 Å². The Morgan fingerprint density at radius 3 is 3.11 bits per heavy atom. The van der Waals surface area contributed by atoms with E-state index in [0.29, 0.717) is 6.04 Å². The van der Waals surface area contributed by atoms with Gasteiger partial charge in [-0.15, -0.1) is 11.3 Å². The Morgan fingerprint density at radius 1 is 1.47 bits per heavy atom. The molecule has 0 radical (unpaired) electrons. The molecule has 19 heavy (non-hydrogen) atoms. The molecule has 2 nitrogen and oxygen atoms in total. The second-order valence-electron chi connectivity index (χ2n) is 4.69. The summed E-state index contributed by atoms with van der Waals surface area (Å²) in [5.41, 5.74) is 2.01. The summed E-state index contributed by atoms with van der Waals surface area (Å²) in [6.07, 6.45) is 3.33. The second-order valence-corrected chi connectivity index (χ2v) is 6.57. The highest BCUT2D eigenvalue weighted by Crippen LogP contribution is 2.39. The van der Waals surface area contributed by atoms with Crippen LogP contribution in [0.15, 0.2) is 22.7 Å². The number of fused-ring (bicyclic) bond motifs is 1. The molecule has 1 heterocycles. The molecule has 0 saturated carbocycles. The number of hydrogen-bond acceptors (Lipinski definition) is 3. The van der Waals surface area contributed by atoms with Crippen LogP contribution in [0, 0.1) is 5.82 Å². The van der Waals surface area contributed by atoms with Crippen LogP contribution < -0.4 is 5.32 Å². The number of hydrogen-bond donors (Lipinski definition) is 1. The van der Waals surface area contributed by atoms with Crippen LogP contribution in [-0.4, -0.2) is 12.0 Å². The summed E-state index contributed by atoms with van der Waals surface area (Å²) in [6, 6.07) is 5.13. The van der Waals surface area contributed by atoms with Crippen LogP contribution in [0.2, 0.25) is 0 Å². The molecule has 0 fully saturated rings. The molecule has 0 saturated heterocycles. The van der Waals surface area contributed by atoms with Gasteiger partial charge in [0.15, 0.2) is 0 Å². The van der Waals surface area contributed by atoms with Gasteiger partial charge in [0.05, 0.1) is 5.69 Å². The third kappa shape index (κ3) is 2.47. The summed E-state index contributed by atoms with van der Waals surface area (Å²) in [7, 11) is 1.98. The molecule has 0 bridgehead atoms. The van der Waals surface area contributed by atoms with E-state index >= 15 is 0 Å². The van der Waals surface area contributed by atoms with Crippen molar-refractivity contribution in [2.75, 3.05) is 7.05 Å². The highest BCUT2D eigenvalue weighted by Gasteiger charge is 2.24. The van der Waals surface area contributed by atoms with E-state index in [0.717, 1.165) is 34.3 Å². The Morgan fingerprint density at radius 2 is 2.32 bits per heavy atom. The largest absolute Gasteiger partial charge is 0.312 e. The molecule has 0 spiro atoms. The molecular formula is C14H14BrFN2S. The van der Waals surface area contributed by atoms with Crippen molar-refractivity contribution in [3.63, 3.8) is 0 Å². The minimum atomic E-state index is -0.225. The van der Waals surface area contributed by atoms with Gasteiger partial charge in [0, 0.05) is 21.0 Å². The Kier molecular flexibility index (Phi) is 3.69. The quantitative estimate of drug-likeness (QED) is 0.881. The number of rotatable bonds is 2. The third-order valence-electron chi connectivity index (χ3n) is 3.46. The SMILES string of the molecule is CNC1CCCc2nc(-c3cc(F)ccc3Br)sc21. The first kappa shape index (κ1) is 13.2. The maximum atomic E-state index is 13.4. The number of aryl methyl sites for hydroxylation is 1. The molecule has 1 aliphatic rings. The summed E-state index contributed by atoms with van der Waals surface area (Å²) in [5, 5.41) is 4.24. The van der Waals surface area contributed by atoms with E-state index in [9.17, 15) is 4.39 Å². The summed E-state index contributed by atoms with van der Waals surface area (Å²) in [4.78, 5) is 6.01. The van der Waals surface area contributed by atoms with Crippen molar-refractivity contribution in [3.05, 3.63) is 39.1 Å². The smallest absolute Gasteiger partial charge is 0.125 e. The molecule has 2 aromatic rings. The van der Waals surface area contributed by atoms with E-state index < -0.39 is 0 Å². The van der Waals surface area contributed by atoms with Crippen molar-refractivity contribution < 1.29 is 4.39 Å². The number of nitrogens with one attached hydrogen (secondary N) is 1. The molecule has 1 N–H and O–H groups in total. The predicted molar refractivity (Wildman–Crippen MR) is 79.9 cm³/mol. The second kappa shape index (κ2) is 5.31. The Hall–Kier alpha value is -0.780. The molecule has 1 aromatic carbocycles. The number of thiazole rings is 1. The van der Waals surface area contributed by atoms with Crippen molar-refractivity contribution in [1.29, 1.82) is 0 Å². The molecule has 0 aliphatic heterocycles. The topological polar surface area (TPSA) is 24.9 Å². The fourth-order valence-corrected chi connectivity index (χ4v) is 4.32. The van der Waals surface area contributed by atoms with Gasteiger partial charge in [-0.1, -0.05) is 15.9 Å². The van der Waals surface area contributed by atoms with Crippen LogP contribution in [-0.2, 0) is 6.42 Å². The molecule has 1 unspecified atom stereocenters. The Balaban J connectivity index is 2.07. The minimum absolute atomic E-state index is 0.225. The van der Waals surface area contributed by atoms with Crippen molar-refractivity contribution in [1.82, 2.24) is 10.3 Å². The van der Waals surface area contributed by atoms with Crippen LogP contribution in [0.5, 0.6) is 0 Å². The van der Waals surface area contributed by atoms with Crippen molar-refractivity contribution in [3.8, 4) is 10.6 Å². The van der Waals surface area contributed by atoms with E-state index in [1.807, 2.05) is 7.05 Å². The summed E-state index contributed by atoms with van der Waals surface area (Å²) in [5.74, 6) is -0.225. The number of aromatic nitrogens is 1. The van der Waals surface area contributed by atoms with Gasteiger partial charge >= 0.3 is 0 Å². The third-order valence-corrected chi connectivity index (χ3v) is 5.39. The molecular weight excluding hydrogens is 327 g/mol. The van der Waals surface area contributed by atoms with Gasteiger partial charge in [0.25, 0.3) is 0 Å². The van der Waals surface area contributed by atoms with Crippen LogP contribution in [0.25, 0.3) is 10.6 Å². The van der Waals surface area contributed by atoms with E-state index in [1.54, 1.807) is 23.5 Å². The fourth-order valence-electron chi connectivity index (χ4n) is 2.47. The maximum absolute atomic E-state index is 13.4. The van der Waals surface area contributed by atoms with Gasteiger partial charge in [0.2, 0.25) is 0 Å². The lowest BCUT2D eigenvalue weighted by atomic mass is 9.98. The lowest BCUT2D eigenvalue weighted by molar-refractivity contribution is 0.501. The summed E-state index contributed by atoms with van der Waals surface area (Å²) in [6.45, 7) is 0. The van der Waals surface area contributed by atoms with Gasteiger partial charge in [-0.2, -0.15) is 0 Å². The zero-order valence-corrected chi connectivity index (χ0v) is 12.9. The van der Waals surface area contributed by atoms with Crippen LogP contribution in [0.4, 0.5) is 4.39 Å². The summed E-state index contributed by atoms with van der Waals surface area (Å²) < 4.78 is 14.3. The van der Waals surface area contributed by atoms with Crippen molar-refractivity contribution >= 4 is 27.3 Å². The number of nitrogens with zero attached hydrogens (tertiary/aromatic N) is 1. The lowest BCUT2D eigenvalue weighted by Gasteiger charge is -2.19. The van der Waals surface area contributed by atoms with Crippen molar-refractivity contribution in [2.24, 2.45) is 0 Å². The molecule has 3 rings (SSSR count). The van der Waals surface area contributed by atoms with E-state index in [2.05, 4.69) is 21.2 Å². The van der Waals surface area contributed by atoms with Gasteiger partial charge in [-0.3, -0.25) is 0 Å². The van der Waals surface area contributed by atoms with Gasteiger partial charge in [-0.25, -0.2) is 9.37 Å². The zero-order chi connectivity index (χ0) is 13.4. The predicted octanol–water partition coefficient (Wildman–Crippen LogP) is 4.31. The van der Waals surface area contributed by atoms with Crippen LogP contribution >= 0.6 is 27.3 Å². The minimum Gasteiger partial charge on any atom is -0.312 e. The first-order chi connectivity index (χ1) is 9.19. The van der Waals surface area contributed by atoms with E-state index in [-0.39, 0.29) is 5.82 Å². The molecule has 1 aromatic heterocycles.